The summed E-state index contributed by atoms with van der Waals surface area (Å²) in [5, 5.41) is 7.03. The Morgan fingerprint density at radius 1 is 1.64 bits per heavy atom. The van der Waals surface area contributed by atoms with Crippen LogP contribution in [-0.4, -0.2) is 27.6 Å². The van der Waals surface area contributed by atoms with Gasteiger partial charge in [-0.2, -0.15) is 0 Å². The van der Waals surface area contributed by atoms with Gasteiger partial charge in [0.05, 0.1) is 18.4 Å². The molecule has 0 spiro atoms. The first-order valence-electron chi connectivity index (χ1n) is 4.00. The number of aromatic nitrogens is 3. The van der Waals surface area contributed by atoms with Gasteiger partial charge in [0.25, 0.3) is 6.43 Å². The van der Waals surface area contributed by atoms with E-state index < -0.39 is 6.43 Å². The molecule has 2 aromatic heterocycles. The number of hydrogen-bond acceptors (Lipinski definition) is 4. The van der Waals surface area contributed by atoms with Crippen molar-refractivity contribution in [1.29, 1.82) is 0 Å². The molecule has 0 aliphatic heterocycles. The number of anilines is 1. The second-order valence-electron chi connectivity index (χ2n) is 2.79. The van der Waals surface area contributed by atoms with Crippen molar-refractivity contribution in [3.8, 4) is 0 Å². The molecule has 2 heterocycles. The predicted octanol–water partition coefficient (Wildman–Crippen LogP) is 1.78. The first-order valence-corrected chi connectivity index (χ1v) is 4.81. The molecule has 0 atom stereocenters. The zero-order chi connectivity index (χ0) is 10.1. The summed E-state index contributed by atoms with van der Waals surface area (Å²) in [6, 6.07) is 0. The molecule has 0 radical (unpaired) electrons. The molecule has 0 bridgehead atoms. The summed E-state index contributed by atoms with van der Waals surface area (Å²) in [4.78, 5) is 4.86. The van der Waals surface area contributed by atoms with Crippen LogP contribution in [0.3, 0.4) is 0 Å². The van der Waals surface area contributed by atoms with Gasteiger partial charge in [0.2, 0.25) is 10.1 Å². The van der Waals surface area contributed by atoms with Crippen LogP contribution < -0.4 is 5.32 Å². The fourth-order valence-electron chi connectivity index (χ4n) is 1.05. The quantitative estimate of drug-likeness (QED) is 0.853. The summed E-state index contributed by atoms with van der Waals surface area (Å²) in [6.07, 6.45) is -0.618. The molecule has 0 aliphatic carbocycles. The van der Waals surface area contributed by atoms with E-state index in [0.717, 1.165) is 5.69 Å². The van der Waals surface area contributed by atoms with Gasteiger partial charge < -0.3 is 5.32 Å². The van der Waals surface area contributed by atoms with Gasteiger partial charge in [-0.25, -0.2) is 18.3 Å². The first kappa shape index (κ1) is 9.32. The van der Waals surface area contributed by atoms with Crippen LogP contribution in [0, 0.1) is 6.92 Å². The van der Waals surface area contributed by atoms with Crippen LogP contribution in [0.4, 0.5) is 13.9 Å². The summed E-state index contributed by atoms with van der Waals surface area (Å²) in [7, 11) is 0. The highest BCUT2D eigenvalue weighted by Gasteiger charge is 2.07. The number of imidazole rings is 1. The molecule has 4 nitrogen and oxygen atoms in total. The standard InChI is InChI=1S/C7H8F2N4S/c1-4-3-13-7(11-4)14-6(12-13)10-2-5(8)9/h3,5H,2H2,1H3,(H,10,12). The van der Waals surface area contributed by atoms with Gasteiger partial charge >= 0.3 is 0 Å². The van der Waals surface area contributed by atoms with Crippen LogP contribution >= 0.6 is 11.3 Å². The topological polar surface area (TPSA) is 42.2 Å². The predicted molar refractivity (Wildman–Crippen MR) is 50.1 cm³/mol. The van der Waals surface area contributed by atoms with E-state index in [1.807, 2.05) is 6.92 Å². The first-order chi connectivity index (χ1) is 6.65. The fraction of sp³-hybridized carbons (Fsp3) is 0.429. The monoisotopic (exact) mass is 218 g/mol. The SMILES string of the molecule is Cc1cn2nc(NCC(F)F)sc2n1. The molecule has 1 N–H and O–H groups in total. The Hall–Kier alpha value is -1.24. The van der Waals surface area contributed by atoms with Crippen LogP contribution in [0.25, 0.3) is 4.96 Å². The van der Waals surface area contributed by atoms with Gasteiger partial charge in [-0.05, 0) is 6.92 Å². The third-order valence-electron chi connectivity index (χ3n) is 1.57. The lowest BCUT2D eigenvalue weighted by Gasteiger charge is -1.98. The van der Waals surface area contributed by atoms with E-state index in [1.54, 1.807) is 10.7 Å². The average molecular weight is 218 g/mol. The smallest absolute Gasteiger partial charge is 0.255 e. The minimum absolute atomic E-state index is 0.379. The Labute approximate surface area is 82.6 Å². The Morgan fingerprint density at radius 2 is 2.43 bits per heavy atom. The van der Waals surface area contributed by atoms with Crippen molar-refractivity contribution in [1.82, 2.24) is 14.6 Å². The van der Waals surface area contributed by atoms with Crippen molar-refractivity contribution >= 4 is 21.4 Å². The molecule has 2 rings (SSSR count). The minimum Gasteiger partial charge on any atom is -0.354 e. The molecule has 0 aliphatic rings. The van der Waals surface area contributed by atoms with Crippen molar-refractivity contribution in [3.05, 3.63) is 11.9 Å². The number of alkyl halides is 2. The molecular weight excluding hydrogens is 210 g/mol. The van der Waals surface area contributed by atoms with Crippen molar-refractivity contribution in [2.75, 3.05) is 11.9 Å². The Morgan fingerprint density at radius 3 is 3.07 bits per heavy atom. The van der Waals surface area contributed by atoms with Crippen molar-refractivity contribution in [3.63, 3.8) is 0 Å². The van der Waals surface area contributed by atoms with Crippen LogP contribution in [0.5, 0.6) is 0 Å². The maximum Gasteiger partial charge on any atom is 0.255 e. The average Bonchev–Trinajstić information content (AvgIpc) is 2.57. The van der Waals surface area contributed by atoms with Crippen LogP contribution in [-0.2, 0) is 0 Å². The lowest BCUT2D eigenvalue weighted by Crippen LogP contribution is -2.09. The molecule has 0 amide bonds. The molecule has 0 aromatic carbocycles. The molecule has 0 unspecified atom stereocenters. The molecule has 2 aromatic rings. The molecule has 0 saturated carbocycles. The van der Waals surface area contributed by atoms with Crippen molar-refractivity contribution in [2.45, 2.75) is 13.3 Å². The number of aryl methyl sites for hydroxylation is 1. The molecule has 0 saturated heterocycles. The normalized spacial score (nSPS) is 11.4. The third kappa shape index (κ3) is 1.82. The van der Waals surface area contributed by atoms with Gasteiger partial charge in [0, 0.05) is 0 Å². The van der Waals surface area contributed by atoms with Gasteiger partial charge in [-0.3, -0.25) is 0 Å². The molecule has 14 heavy (non-hydrogen) atoms. The summed E-state index contributed by atoms with van der Waals surface area (Å²) in [6.45, 7) is 1.48. The summed E-state index contributed by atoms with van der Waals surface area (Å²) < 4.78 is 25.3. The summed E-state index contributed by atoms with van der Waals surface area (Å²) in [5.74, 6) is 0. The summed E-state index contributed by atoms with van der Waals surface area (Å²) in [5.41, 5.74) is 0.865. The zero-order valence-corrected chi connectivity index (χ0v) is 8.18. The van der Waals surface area contributed by atoms with Gasteiger partial charge in [0.15, 0.2) is 0 Å². The maximum absolute atomic E-state index is 11.9. The third-order valence-corrected chi connectivity index (χ3v) is 2.45. The Bertz CT molecular complexity index is 404. The van der Waals surface area contributed by atoms with E-state index in [-0.39, 0.29) is 6.54 Å². The number of nitrogens with one attached hydrogen (secondary N) is 1. The van der Waals surface area contributed by atoms with Crippen molar-refractivity contribution < 1.29 is 8.78 Å². The molecular formula is C7H8F2N4S. The molecule has 7 heteroatoms. The number of halogens is 2. The minimum atomic E-state index is -2.37. The van der Waals surface area contributed by atoms with Gasteiger partial charge in [-0.15, -0.1) is 5.10 Å². The second kappa shape index (κ2) is 3.49. The van der Waals surface area contributed by atoms with E-state index in [4.69, 9.17) is 0 Å². The Kier molecular flexibility index (Phi) is 2.32. The fourth-order valence-corrected chi connectivity index (χ4v) is 1.88. The number of hydrogen-bond donors (Lipinski definition) is 1. The largest absolute Gasteiger partial charge is 0.354 e. The number of fused-ring (bicyclic) bond motifs is 1. The van der Waals surface area contributed by atoms with E-state index in [9.17, 15) is 8.78 Å². The van der Waals surface area contributed by atoms with Crippen LogP contribution in [0.2, 0.25) is 0 Å². The highest BCUT2D eigenvalue weighted by atomic mass is 32.1. The van der Waals surface area contributed by atoms with Gasteiger partial charge in [0.1, 0.15) is 0 Å². The lowest BCUT2D eigenvalue weighted by atomic mass is 10.6. The van der Waals surface area contributed by atoms with Crippen LogP contribution in [0.15, 0.2) is 6.20 Å². The zero-order valence-electron chi connectivity index (χ0n) is 7.37. The van der Waals surface area contributed by atoms with E-state index in [2.05, 4.69) is 15.4 Å². The molecule has 76 valence electrons. The lowest BCUT2D eigenvalue weighted by molar-refractivity contribution is 0.163. The summed E-state index contributed by atoms with van der Waals surface area (Å²) >= 11 is 1.26. The van der Waals surface area contributed by atoms with E-state index >= 15 is 0 Å². The van der Waals surface area contributed by atoms with Gasteiger partial charge in [-0.1, -0.05) is 11.3 Å². The van der Waals surface area contributed by atoms with Crippen LogP contribution in [0.1, 0.15) is 5.69 Å². The number of rotatable bonds is 3. The second-order valence-corrected chi connectivity index (χ2v) is 3.74. The number of nitrogens with zero attached hydrogens (tertiary/aromatic N) is 3. The Balaban J connectivity index is 2.15. The van der Waals surface area contributed by atoms with E-state index in [0.29, 0.717) is 10.1 Å². The van der Waals surface area contributed by atoms with Crippen molar-refractivity contribution in [2.24, 2.45) is 0 Å². The molecule has 0 fully saturated rings. The van der Waals surface area contributed by atoms with E-state index in [1.165, 1.54) is 11.3 Å². The maximum atomic E-state index is 11.9. The highest BCUT2D eigenvalue weighted by Crippen LogP contribution is 2.18. The highest BCUT2D eigenvalue weighted by molar-refractivity contribution is 7.20.